The maximum atomic E-state index is 11.7. The molecule has 0 saturated carbocycles. The number of carbonyl (C=O) groups excluding carboxylic acids is 1. The number of esters is 1. The predicted octanol–water partition coefficient (Wildman–Crippen LogP) is 2.87. The highest BCUT2D eigenvalue weighted by Crippen LogP contribution is 2.21. The predicted molar refractivity (Wildman–Crippen MR) is 81.4 cm³/mol. The molecule has 0 saturated heterocycles. The summed E-state index contributed by atoms with van der Waals surface area (Å²) in [7, 11) is 3.19. The second kappa shape index (κ2) is 7.87. The van der Waals surface area contributed by atoms with Crippen LogP contribution in [0.4, 0.5) is 0 Å². The third-order valence-electron chi connectivity index (χ3n) is 2.96. The Bertz CT molecular complexity index is 414. The summed E-state index contributed by atoms with van der Waals surface area (Å²) >= 11 is 5.04. The van der Waals surface area contributed by atoms with Gasteiger partial charge in [-0.25, -0.2) is 4.98 Å². The van der Waals surface area contributed by atoms with Gasteiger partial charge in [0.05, 0.1) is 12.1 Å². The number of halogens is 1. The Morgan fingerprint density at radius 1 is 1.58 bits per heavy atom. The first-order valence-electron chi connectivity index (χ1n) is 6.03. The minimum atomic E-state index is -0.609. The molecular weight excluding hydrogens is 328 g/mol. The van der Waals surface area contributed by atoms with Crippen molar-refractivity contribution >= 4 is 33.7 Å². The molecule has 0 aliphatic rings. The smallest absolute Gasteiger partial charge is 0.325 e. The molecular formula is C13H19BrN2O2S. The molecule has 19 heavy (non-hydrogen) atoms. The van der Waals surface area contributed by atoms with Crippen molar-refractivity contribution in [3.63, 3.8) is 0 Å². The van der Waals surface area contributed by atoms with Crippen LogP contribution in [0.15, 0.2) is 27.8 Å². The number of ether oxygens (including phenoxy) is 1. The van der Waals surface area contributed by atoms with Crippen molar-refractivity contribution in [1.29, 1.82) is 0 Å². The third kappa shape index (κ3) is 5.12. The van der Waals surface area contributed by atoms with Gasteiger partial charge in [0, 0.05) is 10.7 Å². The summed E-state index contributed by atoms with van der Waals surface area (Å²) in [5, 5.41) is 4.02. The normalized spacial score (nSPS) is 13.9. The number of methoxy groups -OCH3 is 1. The quantitative estimate of drug-likeness (QED) is 0.467. The number of carbonyl (C=O) groups is 1. The molecule has 1 atom stereocenters. The summed E-state index contributed by atoms with van der Waals surface area (Å²) < 4.78 is 5.79. The van der Waals surface area contributed by atoms with Crippen molar-refractivity contribution in [3.8, 4) is 0 Å². The van der Waals surface area contributed by atoms with Crippen LogP contribution in [0.25, 0.3) is 0 Å². The van der Waals surface area contributed by atoms with Crippen LogP contribution in [0.2, 0.25) is 0 Å². The summed E-state index contributed by atoms with van der Waals surface area (Å²) in [6.07, 6.45) is 3.43. The van der Waals surface area contributed by atoms with Gasteiger partial charge >= 0.3 is 5.97 Å². The van der Waals surface area contributed by atoms with Gasteiger partial charge in [-0.2, -0.15) is 0 Å². The van der Waals surface area contributed by atoms with E-state index in [1.54, 1.807) is 25.0 Å². The lowest BCUT2D eigenvalue weighted by atomic mass is 9.97. The van der Waals surface area contributed by atoms with E-state index in [2.05, 4.69) is 26.2 Å². The van der Waals surface area contributed by atoms with E-state index in [1.807, 2.05) is 19.1 Å². The first kappa shape index (κ1) is 16.5. The van der Waals surface area contributed by atoms with E-state index >= 15 is 0 Å². The van der Waals surface area contributed by atoms with Crippen molar-refractivity contribution in [2.75, 3.05) is 19.9 Å². The van der Waals surface area contributed by atoms with E-state index in [0.717, 1.165) is 28.1 Å². The van der Waals surface area contributed by atoms with Gasteiger partial charge in [0.15, 0.2) is 0 Å². The summed E-state index contributed by atoms with van der Waals surface area (Å²) in [4.78, 5) is 15.9. The summed E-state index contributed by atoms with van der Waals surface area (Å²) in [6, 6.07) is 3.95. The Morgan fingerprint density at radius 3 is 2.84 bits per heavy atom. The number of pyridine rings is 1. The fourth-order valence-electron chi connectivity index (χ4n) is 1.60. The molecule has 0 aromatic carbocycles. The van der Waals surface area contributed by atoms with Crippen molar-refractivity contribution in [2.24, 2.45) is 0 Å². The van der Waals surface area contributed by atoms with E-state index in [1.165, 1.54) is 7.11 Å². The topological polar surface area (TPSA) is 51.2 Å². The minimum absolute atomic E-state index is 0.221. The van der Waals surface area contributed by atoms with E-state index < -0.39 is 5.54 Å². The van der Waals surface area contributed by atoms with Gasteiger partial charge in [0.1, 0.15) is 5.54 Å². The fourth-order valence-corrected chi connectivity index (χ4v) is 2.63. The molecule has 6 heteroatoms. The molecule has 4 nitrogen and oxygen atoms in total. The Labute approximate surface area is 126 Å². The Balaban J connectivity index is 2.37. The van der Waals surface area contributed by atoms with Gasteiger partial charge in [-0.05, 0) is 60.6 Å². The molecule has 0 spiro atoms. The Hall–Kier alpha value is -0.590. The fraction of sp³-hybridized carbons (Fsp3) is 0.538. The van der Waals surface area contributed by atoms with Crippen LogP contribution in [-0.4, -0.2) is 36.4 Å². The molecule has 0 radical (unpaired) electrons. The molecule has 0 aliphatic heterocycles. The van der Waals surface area contributed by atoms with Crippen LogP contribution < -0.4 is 5.32 Å². The number of nitrogens with one attached hydrogen (secondary N) is 1. The van der Waals surface area contributed by atoms with Crippen LogP contribution in [-0.2, 0) is 9.53 Å². The van der Waals surface area contributed by atoms with Gasteiger partial charge < -0.3 is 10.1 Å². The van der Waals surface area contributed by atoms with Crippen molar-refractivity contribution in [3.05, 3.63) is 22.8 Å². The number of hydrogen-bond acceptors (Lipinski definition) is 5. The van der Waals surface area contributed by atoms with Crippen molar-refractivity contribution in [1.82, 2.24) is 10.3 Å². The third-order valence-corrected chi connectivity index (χ3v) is 4.46. The molecule has 0 bridgehead atoms. The van der Waals surface area contributed by atoms with Crippen LogP contribution in [0.3, 0.4) is 0 Å². The number of thioether (sulfide) groups is 1. The highest BCUT2D eigenvalue weighted by molar-refractivity contribution is 9.10. The van der Waals surface area contributed by atoms with Gasteiger partial charge in [-0.15, -0.1) is 11.8 Å². The van der Waals surface area contributed by atoms with E-state index in [-0.39, 0.29) is 5.97 Å². The zero-order chi connectivity index (χ0) is 14.3. The molecule has 106 valence electrons. The number of hydrogen-bond donors (Lipinski definition) is 1. The number of rotatable bonds is 7. The number of likely N-dealkylation sites (N-methyl/N-ethyl adjacent to an activating group) is 1. The van der Waals surface area contributed by atoms with E-state index in [0.29, 0.717) is 0 Å². The second-order valence-electron chi connectivity index (χ2n) is 4.34. The lowest BCUT2D eigenvalue weighted by molar-refractivity contribution is -0.148. The molecule has 1 aromatic rings. The minimum Gasteiger partial charge on any atom is -0.468 e. The molecule has 1 unspecified atom stereocenters. The van der Waals surface area contributed by atoms with Crippen molar-refractivity contribution < 1.29 is 9.53 Å². The molecule has 0 aliphatic carbocycles. The van der Waals surface area contributed by atoms with Gasteiger partial charge in [-0.3, -0.25) is 4.79 Å². The summed E-state index contributed by atoms with van der Waals surface area (Å²) in [5.41, 5.74) is -0.609. The average molecular weight is 347 g/mol. The molecule has 0 fully saturated rings. The van der Waals surface area contributed by atoms with Gasteiger partial charge in [0.2, 0.25) is 0 Å². The van der Waals surface area contributed by atoms with Crippen LogP contribution in [0.5, 0.6) is 0 Å². The second-order valence-corrected chi connectivity index (χ2v) is 6.37. The van der Waals surface area contributed by atoms with Gasteiger partial charge in [-0.1, -0.05) is 0 Å². The number of aromatic nitrogens is 1. The summed E-state index contributed by atoms with van der Waals surface area (Å²) in [6.45, 7) is 1.86. The lowest BCUT2D eigenvalue weighted by Gasteiger charge is -2.25. The average Bonchev–Trinajstić information content (AvgIpc) is 2.44. The maximum absolute atomic E-state index is 11.7. The van der Waals surface area contributed by atoms with Crippen LogP contribution in [0, 0.1) is 0 Å². The monoisotopic (exact) mass is 346 g/mol. The molecule has 1 rings (SSSR count). The highest BCUT2D eigenvalue weighted by Gasteiger charge is 2.31. The lowest BCUT2D eigenvalue weighted by Crippen LogP contribution is -2.48. The Kier molecular flexibility index (Phi) is 6.82. The standard InChI is InChI=1S/C13H19BrN2O2S/c1-13(15-2,12(17)18-3)7-4-8-19-11-6-5-10(14)9-16-11/h5-6,9,15H,4,7-8H2,1-3H3. The maximum Gasteiger partial charge on any atom is 0.325 e. The number of nitrogens with zero attached hydrogens (tertiary/aromatic N) is 1. The van der Waals surface area contributed by atoms with Crippen LogP contribution >= 0.6 is 27.7 Å². The first-order chi connectivity index (χ1) is 9.01. The van der Waals surface area contributed by atoms with Crippen molar-refractivity contribution in [2.45, 2.75) is 30.3 Å². The molecule has 1 aromatic heterocycles. The highest BCUT2D eigenvalue weighted by atomic mass is 79.9. The Morgan fingerprint density at radius 2 is 2.32 bits per heavy atom. The van der Waals surface area contributed by atoms with Gasteiger partial charge in [0.25, 0.3) is 0 Å². The summed E-state index contributed by atoms with van der Waals surface area (Å²) in [5.74, 6) is 0.699. The zero-order valence-electron chi connectivity index (χ0n) is 11.4. The van der Waals surface area contributed by atoms with E-state index in [4.69, 9.17) is 4.74 Å². The molecule has 1 N–H and O–H groups in total. The SMILES string of the molecule is CNC(C)(CCCSc1ccc(Br)cn1)C(=O)OC. The van der Waals surface area contributed by atoms with E-state index in [9.17, 15) is 4.79 Å². The largest absolute Gasteiger partial charge is 0.468 e. The molecule has 1 heterocycles. The van der Waals surface area contributed by atoms with Crippen LogP contribution in [0.1, 0.15) is 19.8 Å². The molecule has 0 amide bonds. The first-order valence-corrected chi connectivity index (χ1v) is 7.81. The zero-order valence-corrected chi connectivity index (χ0v) is 13.8.